The average molecular weight is 511 g/mol. The topological polar surface area (TPSA) is 113 Å². The minimum absolute atomic E-state index is 0.0808. The number of benzene rings is 3. The van der Waals surface area contributed by atoms with Gasteiger partial charge in [0, 0.05) is 36.8 Å². The van der Waals surface area contributed by atoms with Crippen LogP contribution in [0.5, 0.6) is 5.75 Å². The van der Waals surface area contributed by atoms with Crippen LogP contribution in [0.3, 0.4) is 0 Å². The second-order valence-electron chi connectivity index (χ2n) is 9.28. The van der Waals surface area contributed by atoms with Gasteiger partial charge in [-0.2, -0.15) is 0 Å². The molecular weight excluding hydrogens is 480 g/mol. The lowest BCUT2D eigenvalue weighted by Gasteiger charge is -2.32. The monoisotopic (exact) mass is 510 g/mol. The summed E-state index contributed by atoms with van der Waals surface area (Å²) < 4.78 is 6.01. The molecule has 0 aliphatic carbocycles. The van der Waals surface area contributed by atoms with E-state index in [4.69, 9.17) is 4.74 Å². The summed E-state index contributed by atoms with van der Waals surface area (Å²) in [6, 6.07) is 23.8. The number of aromatic amines is 1. The van der Waals surface area contributed by atoms with E-state index in [2.05, 4.69) is 30.8 Å². The number of H-pyrrole nitrogens is 1. The quantitative estimate of drug-likeness (QED) is 0.247. The normalized spacial score (nSPS) is 14.2. The SMILES string of the molecule is O=C(NC1CCN(CCCOc2ccccc2-c2nnn[nH]2)CC1)c1ccccc1C(=O)c1ccccc1. The number of nitrogens with one attached hydrogen (secondary N) is 2. The van der Waals surface area contributed by atoms with Gasteiger partial charge < -0.3 is 15.0 Å². The van der Waals surface area contributed by atoms with Crippen LogP contribution in [0, 0.1) is 0 Å². The second kappa shape index (κ2) is 12.2. The summed E-state index contributed by atoms with van der Waals surface area (Å²) in [6.07, 6.45) is 2.61. The number of piperidine rings is 1. The highest BCUT2D eigenvalue weighted by Gasteiger charge is 2.23. The van der Waals surface area contributed by atoms with Crippen LogP contribution >= 0.6 is 0 Å². The van der Waals surface area contributed by atoms with E-state index in [1.54, 1.807) is 36.4 Å². The molecule has 9 heteroatoms. The number of hydrogen-bond acceptors (Lipinski definition) is 7. The molecule has 1 aromatic heterocycles. The van der Waals surface area contributed by atoms with Crippen molar-refractivity contribution in [3.05, 3.63) is 95.6 Å². The minimum Gasteiger partial charge on any atom is -0.493 e. The number of aromatic nitrogens is 4. The van der Waals surface area contributed by atoms with Crippen molar-refractivity contribution < 1.29 is 14.3 Å². The lowest BCUT2D eigenvalue weighted by Crippen LogP contribution is -2.45. The summed E-state index contributed by atoms with van der Waals surface area (Å²) in [6.45, 7) is 3.30. The molecule has 0 radical (unpaired) electrons. The minimum atomic E-state index is -0.197. The molecule has 9 nitrogen and oxygen atoms in total. The van der Waals surface area contributed by atoms with Crippen LogP contribution in [0.15, 0.2) is 78.9 Å². The summed E-state index contributed by atoms with van der Waals surface area (Å²) >= 11 is 0. The predicted molar refractivity (Wildman–Crippen MR) is 143 cm³/mol. The fourth-order valence-electron chi connectivity index (χ4n) is 4.72. The first kappa shape index (κ1) is 25.3. The maximum Gasteiger partial charge on any atom is 0.252 e. The highest BCUT2D eigenvalue weighted by molar-refractivity contribution is 6.15. The zero-order chi connectivity index (χ0) is 26.2. The number of hydrogen-bond donors (Lipinski definition) is 2. The van der Waals surface area contributed by atoms with E-state index in [9.17, 15) is 9.59 Å². The molecule has 0 atom stereocenters. The van der Waals surface area contributed by atoms with Gasteiger partial charge in [0.2, 0.25) is 0 Å². The van der Waals surface area contributed by atoms with E-state index >= 15 is 0 Å². The number of para-hydroxylation sites is 1. The van der Waals surface area contributed by atoms with E-state index in [0.29, 0.717) is 29.1 Å². The third-order valence-electron chi connectivity index (χ3n) is 6.74. The van der Waals surface area contributed by atoms with Crippen LogP contribution in [-0.4, -0.2) is 69.5 Å². The molecule has 0 spiro atoms. The number of likely N-dealkylation sites (tertiary alicyclic amines) is 1. The highest BCUT2D eigenvalue weighted by Crippen LogP contribution is 2.26. The molecule has 38 heavy (non-hydrogen) atoms. The van der Waals surface area contributed by atoms with Crippen molar-refractivity contribution in [2.45, 2.75) is 25.3 Å². The van der Waals surface area contributed by atoms with E-state index in [0.717, 1.165) is 50.2 Å². The van der Waals surface area contributed by atoms with Crippen LogP contribution in [0.2, 0.25) is 0 Å². The Morgan fingerprint density at radius 2 is 1.63 bits per heavy atom. The Kier molecular flexibility index (Phi) is 8.15. The molecule has 1 aliphatic rings. The van der Waals surface area contributed by atoms with Crippen molar-refractivity contribution in [3.8, 4) is 17.1 Å². The Bertz CT molecular complexity index is 1350. The fraction of sp³-hybridized carbons (Fsp3) is 0.276. The Labute approximate surface area is 221 Å². The fourth-order valence-corrected chi connectivity index (χ4v) is 4.72. The molecular formula is C29H30N6O3. The Hall–Kier alpha value is -4.37. The lowest BCUT2D eigenvalue weighted by molar-refractivity contribution is 0.0901. The molecule has 194 valence electrons. The summed E-state index contributed by atoms with van der Waals surface area (Å²) in [5.41, 5.74) is 2.25. The van der Waals surface area contributed by atoms with Gasteiger partial charge in [-0.3, -0.25) is 9.59 Å². The summed E-state index contributed by atoms with van der Waals surface area (Å²) in [7, 11) is 0. The summed E-state index contributed by atoms with van der Waals surface area (Å²) in [5.74, 6) is 0.987. The maximum absolute atomic E-state index is 13.1. The number of nitrogens with zero attached hydrogens (tertiary/aromatic N) is 4. The summed E-state index contributed by atoms with van der Waals surface area (Å²) in [4.78, 5) is 28.5. The van der Waals surface area contributed by atoms with Gasteiger partial charge in [-0.15, -0.1) is 5.10 Å². The van der Waals surface area contributed by atoms with Gasteiger partial charge in [-0.25, -0.2) is 5.10 Å². The first-order valence-corrected chi connectivity index (χ1v) is 12.9. The second-order valence-corrected chi connectivity index (χ2v) is 9.28. The first-order valence-electron chi connectivity index (χ1n) is 12.9. The molecule has 0 saturated carbocycles. The molecule has 3 aromatic carbocycles. The number of amides is 1. The molecule has 4 aromatic rings. The zero-order valence-electron chi connectivity index (χ0n) is 21.0. The van der Waals surface area contributed by atoms with Gasteiger partial charge >= 0.3 is 0 Å². The van der Waals surface area contributed by atoms with Gasteiger partial charge in [0.25, 0.3) is 5.91 Å². The van der Waals surface area contributed by atoms with E-state index < -0.39 is 0 Å². The van der Waals surface area contributed by atoms with Crippen molar-refractivity contribution in [2.24, 2.45) is 0 Å². The van der Waals surface area contributed by atoms with Gasteiger partial charge in [-0.05, 0) is 47.9 Å². The molecule has 5 rings (SSSR count). The van der Waals surface area contributed by atoms with Crippen LogP contribution in [0.1, 0.15) is 45.5 Å². The van der Waals surface area contributed by atoms with Crippen LogP contribution in [0.25, 0.3) is 11.4 Å². The average Bonchev–Trinajstić information content (AvgIpc) is 3.51. The highest BCUT2D eigenvalue weighted by atomic mass is 16.5. The summed E-state index contributed by atoms with van der Waals surface area (Å²) in [5, 5.41) is 17.2. The standard InChI is InChI=1S/C29H30N6O3/c36-27(21-9-2-1-3-10-21)23-11-4-5-12-24(23)29(37)30-22-15-18-35(19-16-22)17-8-20-38-26-14-7-6-13-25(26)28-31-33-34-32-28/h1-7,9-14,22H,8,15-20H2,(H,30,37)(H,31,32,33,34). The third-order valence-corrected chi connectivity index (χ3v) is 6.74. The molecule has 1 fully saturated rings. The van der Waals surface area contributed by atoms with Crippen LogP contribution in [-0.2, 0) is 0 Å². The van der Waals surface area contributed by atoms with Gasteiger partial charge in [0.05, 0.1) is 17.7 Å². The lowest BCUT2D eigenvalue weighted by atomic mass is 9.97. The van der Waals surface area contributed by atoms with Crippen molar-refractivity contribution in [1.29, 1.82) is 0 Å². The number of tetrazole rings is 1. The molecule has 1 saturated heterocycles. The van der Waals surface area contributed by atoms with E-state index in [1.165, 1.54) is 0 Å². The number of ketones is 1. The van der Waals surface area contributed by atoms with Crippen molar-refractivity contribution in [2.75, 3.05) is 26.2 Å². The van der Waals surface area contributed by atoms with E-state index in [1.807, 2.05) is 42.5 Å². The number of carbonyl (C=O) groups is 2. The smallest absolute Gasteiger partial charge is 0.252 e. The van der Waals surface area contributed by atoms with Gasteiger partial charge in [0.15, 0.2) is 11.6 Å². The number of ether oxygens (including phenoxy) is 1. The molecule has 0 bridgehead atoms. The van der Waals surface area contributed by atoms with Crippen LogP contribution < -0.4 is 10.1 Å². The Balaban J connectivity index is 1.08. The van der Waals surface area contributed by atoms with Crippen molar-refractivity contribution in [1.82, 2.24) is 30.8 Å². The first-order chi connectivity index (χ1) is 18.7. The molecule has 2 N–H and O–H groups in total. The largest absolute Gasteiger partial charge is 0.493 e. The Morgan fingerprint density at radius 1 is 0.921 bits per heavy atom. The predicted octanol–water partition coefficient (Wildman–Crippen LogP) is 3.76. The number of rotatable bonds is 10. The third kappa shape index (κ3) is 6.12. The zero-order valence-corrected chi connectivity index (χ0v) is 21.0. The van der Waals surface area contributed by atoms with Crippen LogP contribution in [0.4, 0.5) is 0 Å². The molecule has 1 aliphatic heterocycles. The van der Waals surface area contributed by atoms with Crippen molar-refractivity contribution in [3.63, 3.8) is 0 Å². The Morgan fingerprint density at radius 3 is 2.39 bits per heavy atom. The van der Waals surface area contributed by atoms with Gasteiger partial charge in [-0.1, -0.05) is 60.7 Å². The maximum atomic E-state index is 13.1. The molecule has 1 amide bonds. The molecule has 0 unspecified atom stereocenters. The molecule has 2 heterocycles. The van der Waals surface area contributed by atoms with Crippen molar-refractivity contribution >= 4 is 11.7 Å². The van der Waals surface area contributed by atoms with Gasteiger partial charge in [0.1, 0.15) is 5.75 Å². The number of carbonyl (C=O) groups excluding carboxylic acids is 2. The van der Waals surface area contributed by atoms with E-state index in [-0.39, 0.29) is 17.7 Å².